The van der Waals surface area contributed by atoms with Gasteiger partial charge in [0.2, 0.25) is 11.8 Å². The summed E-state index contributed by atoms with van der Waals surface area (Å²) >= 11 is 12.7. The SMILES string of the molecule is CC(=O)N[C@@H](CSC(=S)Nc1ccc(C)c(NC(=S)SC[C@H](NC(C)=O)C(=O)O)c1)C(=O)O. The number of hydrogen-bond acceptors (Lipinski definition) is 8. The lowest BCUT2D eigenvalue weighted by Gasteiger charge is -2.16. The summed E-state index contributed by atoms with van der Waals surface area (Å²) in [4.78, 5) is 44.7. The zero-order valence-corrected chi connectivity index (χ0v) is 21.2. The van der Waals surface area contributed by atoms with Gasteiger partial charge in [-0.15, -0.1) is 0 Å². The molecule has 6 N–H and O–H groups in total. The highest BCUT2D eigenvalue weighted by Gasteiger charge is 2.20. The third-order valence-electron chi connectivity index (χ3n) is 3.83. The number of hydrogen-bond donors (Lipinski definition) is 6. The van der Waals surface area contributed by atoms with Crippen molar-refractivity contribution in [2.45, 2.75) is 32.9 Å². The largest absolute Gasteiger partial charge is 0.480 e. The molecule has 180 valence electrons. The Hall–Kier alpha value is -2.42. The first-order chi connectivity index (χ1) is 15.4. The molecule has 33 heavy (non-hydrogen) atoms. The molecule has 0 saturated heterocycles. The van der Waals surface area contributed by atoms with Gasteiger partial charge in [0.1, 0.15) is 20.7 Å². The molecule has 0 aromatic heterocycles. The molecule has 1 aromatic carbocycles. The number of aryl methyl sites for hydroxylation is 1. The Labute approximate surface area is 210 Å². The van der Waals surface area contributed by atoms with Crippen molar-refractivity contribution in [2.75, 3.05) is 22.1 Å². The van der Waals surface area contributed by atoms with Crippen molar-refractivity contribution in [3.05, 3.63) is 23.8 Å². The maximum absolute atomic E-state index is 11.2. The van der Waals surface area contributed by atoms with Gasteiger partial charge >= 0.3 is 11.9 Å². The number of thiocarbonyl (C=S) groups is 2. The smallest absolute Gasteiger partial charge is 0.327 e. The molecule has 0 aliphatic heterocycles. The Morgan fingerprint density at radius 2 is 1.33 bits per heavy atom. The number of aliphatic carboxylic acids is 2. The number of carboxylic acids is 2. The second-order valence-corrected chi connectivity index (χ2v) is 10.1. The number of carbonyl (C=O) groups excluding carboxylic acids is 2. The lowest BCUT2D eigenvalue weighted by atomic mass is 10.2. The zero-order chi connectivity index (χ0) is 25.1. The molecule has 14 heteroatoms. The van der Waals surface area contributed by atoms with E-state index >= 15 is 0 Å². The minimum Gasteiger partial charge on any atom is -0.480 e. The van der Waals surface area contributed by atoms with E-state index in [0.29, 0.717) is 20.0 Å². The minimum atomic E-state index is -1.16. The Kier molecular flexibility index (Phi) is 12.1. The van der Waals surface area contributed by atoms with E-state index in [2.05, 4.69) is 21.3 Å². The van der Waals surface area contributed by atoms with E-state index in [1.807, 2.05) is 13.0 Å². The predicted octanol–water partition coefficient (Wildman–Crippen LogP) is 2.03. The summed E-state index contributed by atoms with van der Waals surface area (Å²) in [5.41, 5.74) is 2.16. The number of nitrogens with one attached hydrogen (secondary N) is 4. The molecule has 10 nitrogen and oxygen atoms in total. The second kappa shape index (κ2) is 14.0. The third kappa shape index (κ3) is 11.3. The first kappa shape index (κ1) is 28.6. The molecule has 0 unspecified atom stereocenters. The molecule has 0 saturated carbocycles. The number of carbonyl (C=O) groups is 4. The van der Waals surface area contributed by atoms with Gasteiger partial charge in [-0.2, -0.15) is 0 Å². The van der Waals surface area contributed by atoms with Crippen LogP contribution in [0.4, 0.5) is 11.4 Å². The molecule has 0 aliphatic carbocycles. The highest BCUT2D eigenvalue weighted by molar-refractivity contribution is 8.23. The van der Waals surface area contributed by atoms with Crippen LogP contribution in [0.1, 0.15) is 19.4 Å². The molecular weight excluding hydrogens is 508 g/mol. The van der Waals surface area contributed by atoms with E-state index in [1.165, 1.54) is 13.8 Å². The molecule has 1 aromatic rings. The molecule has 0 heterocycles. The number of benzene rings is 1. The number of rotatable bonds is 10. The van der Waals surface area contributed by atoms with Crippen LogP contribution in [0.5, 0.6) is 0 Å². The van der Waals surface area contributed by atoms with Gasteiger partial charge in [0.15, 0.2) is 0 Å². The predicted molar refractivity (Wildman–Crippen MR) is 139 cm³/mol. The molecular formula is C19H24N4O6S4. The Bertz CT molecular complexity index is 943. The lowest BCUT2D eigenvalue weighted by Crippen LogP contribution is -2.41. The van der Waals surface area contributed by atoms with Crippen LogP contribution in [-0.4, -0.2) is 66.2 Å². The molecule has 0 radical (unpaired) electrons. The summed E-state index contributed by atoms with van der Waals surface area (Å²) in [5.74, 6) is -3.10. The maximum atomic E-state index is 11.2. The van der Waals surface area contributed by atoms with Crippen LogP contribution in [0.2, 0.25) is 0 Å². The van der Waals surface area contributed by atoms with Gasteiger partial charge in [0.05, 0.1) is 0 Å². The number of amides is 2. The van der Waals surface area contributed by atoms with Crippen LogP contribution < -0.4 is 21.3 Å². The molecule has 2 amide bonds. The summed E-state index contributed by atoms with van der Waals surface area (Å²) in [5, 5.41) is 29.0. The van der Waals surface area contributed by atoms with Gasteiger partial charge in [0, 0.05) is 36.7 Å². The molecule has 0 bridgehead atoms. The van der Waals surface area contributed by atoms with Crippen LogP contribution >= 0.6 is 48.0 Å². The summed E-state index contributed by atoms with van der Waals surface area (Å²) in [6.07, 6.45) is 0. The van der Waals surface area contributed by atoms with E-state index in [9.17, 15) is 24.3 Å². The van der Waals surface area contributed by atoms with Gasteiger partial charge in [-0.25, -0.2) is 9.59 Å². The first-order valence-corrected chi connectivity index (χ1v) is 12.2. The number of carboxylic acid groups (broad SMARTS) is 2. The lowest BCUT2D eigenvalue weighted by molar-refractivity contribution is -0.141. The summed E-state index contributed by atoms with van der Waals surface area (Å²) in [6.45, 7) is 4.33. The van der Waals surface area contributed by atoms with Crippen LogP contribution in [0.15, 0.2) is 18.2 Å². The monoisotopic (exact) mass is 532 g/mol. The van der Waals surface area contributed by atoms with E-state index in [1.54, 1.807) is 12.1 Å². The maximum Gasteiger partial charge on any atom is 0.327 e. The summed E-state index contributed by atoms with van der Waals surface area (Å²) in [6, 6.07) is 3.22. The van der Waals surface area contributed by atoms with Gasteiger partial charge in [-0.1, -0.05) is 54.0 Å². The van der Waals surface area contributed by atoms with E-state index in [0.717, 1.165) is 29.1 Å². The fourth-order valence-electron chi connectivity index (χ4n) is 2.29. The topological polar surface area (TPSA) is 157 Å². The highest BCUT2D eigenvalue weighted by Crippen LogP contribution is 2.23. The van der Waals surface area contributed by atoms with Crippen LogP contribution in [-0.2, 0) is 19.2 Å². The van der Waals surface area contributed by atoms with Crippen molar-refractivity contribution in [1.29, 1.82) is 0 Å². The van der Waals surface area contributed by atoms with Crippen molar-refractivity contribution < 1.29 is 29.4 Å². The Morgan fingerprint density at radius 3 is 1.76 bits per heavy atom. The molecule has 0 fully saturated rings. The average Bonchev–Trinajstić information content (AvgIpc) is 2.70. The van der Waals surface area contributed by atoms with Gasteiger partial charge in [-0.3, -0.25) is 9.59 Å². The average molecular weight is 533 g/mol. The normalized spacial score (nSPS) is 12.1. The van der Waals surface area contributed by atoms with Crippen molar-refractivity contribution in [2.24, 2.45) is 0 Å². The highest BCUT2D eigenvalue weighted by atomic mass is 32.2. The number of anilines is 2. The molecule has 1 rings (SSSR count). The second-order valence-electron chi connectivity index (χ2n) is 6.66. The Morgan fingerprint density at radius 1 is 0.879 bits per heavy atom. The van der Waals surface area contributed by atoms with Crippen molar-refractivity contribution in [3.63, 3.8) is 0 Å². The van der Waals surface area contributed by atoms with Gasteiger partial charge < -0.3 is 31.5 Å². The summed E-state index contributed by atoms with van der Waals surface area (Å²) < 4.78 is 0.640. The summed E-state index contributed by atoms with van der Waals surface area (Å²) in [7, 11) is 0. The molecule has 2 atom stereocenters. The van der Waals surface area contributed by atoms with E-state index < -0.39 is 35.8 Å². The number of thioether (sulfide) groups is 2. The fraction of sp³-hybridized carbons (Fsp3) is 0.368. The third-order valence-corrected chi connectivity index (χ3v) is 6.47. The fourth-order valence-corrected chi connectivity index (χ4v) is 4.39. The van der Waals surface area contributed by atoms with Crippen molar-refractivity contribution in [3.8, 4) is 0 Å². The molecule has 0 aliphatic rings. The van der Waals surface area contributed by atoms with Gasteiger partial charge in [0.25, 0.3) is 0 Å². The van der Waals surface area contributed by atoms with E-state index in [4.69, 9.17) is 29.5 Å². The van der Waals surface area contributed by atoms with Crippen LogP contribution in [0, 0.1) is 6.92 Å². The quantitative estimate of drug-likeness (QED) is 0.244. The van der Waals surface area contributed by atoms with Gasteiger partial charge in [-0.05, 0) is 24.6 Å². The Balaban J connectivity index is 2.70. The van der Waals surface area contributed by atoms with Crippen LogP contribution in [0.3, 0.4) is 0 Å². The van der Waals surface area contributed by atoms with Crippen LogP contribution in [0.25, 0.3) is 0 Å². The van der Waals surface area contributed by atoms with Crippen molar-refractivity contribution >= 4 is 91.7 Å². The van der Waals surface area contributed by atoms with E-state index in [-0.39, 0.29) is 11.5 Å². The minimum absolute atomic E-state index is 0.0531. The molecule has 0 spiro atoms. The standard InChI is InChI=1S/C19H24N4O6S4/c1-9-4-5-12(22-18(30)32-7-14(16(26)27)20-10(2)24)6-13(9)23-19(31)33-8-15(17(28)29)21-11(3)25/h4-6,14-15H,7-8H2,1-3H3,(H,20,24)(H,21,25)(H,22,30)(H,23,31)(H,26,27)(H,28,29)/t14-,15-/m0/s1. The zero-order valence-electron chi connectivity index (χ0n) is 18.0. The first-order valence-electron chi connectivity index (χ1n) is 9.37. The van der Waals surface area contributed by atoms with Crippen molar-refractivity contribution in [1.82, 2.24) is 10.6 Å².